The van der Waals surface area contributed by atoms with Crippen LogP contribution < -0.4 is 10.1 Å². The van der Waals surface area contributed by atoms with Gasteiger partial charge in [-0.15, -0.1) is 0 Å². The van der Waals surface area contributed by atoms with Crippen LogP contribution in [0.25, 0.3) is 0 Å². The molecule has 1 aliphatic rings. The second-order valence-corrected chi connectivity index (χ2v) is 6.02. The summed E-state index contributed by atoms with van der Waals surface area (Å²) in [6, 6.07) is 17.3. The van der Waals surface area contributed by atoms with E-state index >= 15 is 0 Å². The van der Waals surface area contributed by atoms with Crippen molar-refractivity contribution in [2.24, 2.45) is 0 Å². The molecule has 0 aromatic heterocycles. The fourth-order valence-corrected chi connectivity index (χ4v) is 3.24. The summed E-state index contributed by atoms with van der Waals surface area (Å²) in [4.78, 5) is 0. The van der Waals surface area contributed by atoms with E-state index in [1.165, 1.54) is 16.7 Å². The van der Waals surface area contributed by atoms with E-state index in [0.29, 0.717) is 5.92 Å². The molecule has 1 aliphatic carbocycles. The summed E-state index contributed by atoms with van der Waals surface area (Å²) in [5, 5.41) is 3.41. The number of hydrogen-bond donors (Lipinski definition) is 1. The van der Waals surface area contributed by atoms with Crippen LogP contribution in [-0.4, -0.2) is 13.2 Å². The van der Waals surface area contributed by atoms with Crippen molar-refractivity contribution in [3.05, 3.63) is 65.2 Å². The topological polar surface area (TPSA) is 21.3 Å². The molecular weight excluding hydrogens is 258 g/mol. The molecule has 2 heteroatoms. The van der Waals surface area contributed by atoms with Gasteiger partial charge in [0.15, 0.2) is 0 Å². The molecule has 2 aromatic rings. The fourth-order valence-electron chi connectivity index (χ4n) is 3.24. The molecule has 0 spiro atoms. The van der Waals surface area contributed by atoms with E-state index in [4.69, 9.17) is 4.74 Å². The average molecular weight is 281 g/mol. The molecule has 2 nitrogen and oxygen atoms in total. The summed E-state index contributed by atoms with van der Waals surface area (Å²) >= 11 is 0. The van der Waals surface area contributed by atoms with E-state index in [1.807, 2.05) is 7.05 Å². The molecule has 21 heavy (non-hydrogen) atoms. The third kappa shape index (κ3) is 2.68. The molecule has 3 rings (SSSR count). The molecule has 0 amide bonds. The van der Waals surface area contributed by atoms with Gasteiger partial charge in [-0.25, -0.2) is 0 Å². The number of hydrogen-bond acceptors (Lipinski definition) is 2. The van der Waals surface area contributed by atoms with Crippen LogP contribution in [0.1, 0.15) is 42.5 Å². The largest absolute Gasteiger partial charge is 0.488 e. The molecule has 0 radical (unpaired) electrons. The first-order valence-electron chi connectivity index (χ1n) is 7.71. The highest BCUT2D eigenvalue weighted by Gasteiger charge is 2.33. The van der Waals surface area contributed by atoms with Gasteiger partial charge >= 0.3 is 0 Å². The summed E-state index contributed by atoms with van der Waals surface area (Å²) in [5.74, 6) is 1.49. The molecule has 1 N–H and O–H groups in total. The standard InChI is InChI=1S/C19H23NO/c1-13(2)15-9-6-7-11-17(15)21-18-12-14-8-4-5-10-16(14)19(18)20-3/h4-11,13,18-20H,12H2,1-3H3. The first-order chi connectivity index (χ1) is 10.2. The molecule has 2 atom stereocenters. The first-order valence-corrected chi connectivity index (χ1v) is 7.71. The van der Waals surface area contributed by atoms with Gasteiger partial charge in [-0.2, -0.15) is 0 Å². The molecule has 0 heterocycles. The number of likely N-dealkylation sites (N-methyl/N-ethyl adjacent to an activating group) is 1. The third-order valence-electron chi connectivity index (χ3n) is 4.31. The van der Waals surface area contributed by atoms with Gasteiger partial charge in [-0.1, -0.05) is 56.3 Å². The van der Waals surface area contributed by atoms with Gasteiger partial charge in [0.1, 0.15) is 11.9 Å². The maximum Gasteiger partial charge on any atom is 0.123 e. The van der Waals surface area contributed by atoms with E-state index in [0.717, 1.165) is 12.2 Å². The molecule has 0 aliphatic heterocycles. The Kier molecular flexibility index (Phi) is 3.98. The SMILES string of the molecule is CNC1c2ccccc2CC1Oc1ccccc1C(C)C. The zero-order valence-electron chi connectivity index (χ0n) is 13.0. The monoisotopic (exact) mass is 281 g/mol. The maximum atomic E-state index is 6.39. The highest BCUT2D eigenvalue weighted by molar-refractivity contribution is 5.39. The van der Waals surface area contributed by atoms with Gasteiger partial charge < -0.3 is 10.1 Å². The highest BCUT2D eigenvalue weighted by atomic mass is 16.5. The first kappa shape index (κ1) is 14.2. The van der Waals surface area contributed by atoms with Crippen molar-refractivity contribution >= 4 is 0 Å². The molecule has 110 valence electrons. The Hall–Kier alpha value is -1.80. The van der Waals surface area contributed by atoms with Crippen LogP contribution in [0.5, 0.6) is 5.75 Å². The van der Waals surface area contributed by atoms with Crippen molar-refractivity contribution in [3.8, 4) is 5.75 Å². The lowest BCUT2D eigenvalue weighted by Gasteiger charge is -2.23. The van der Waals surface area contributed by atoms with E-state index < -0.39 is 0 Å². The van der Waals surface area contributed by atoms with Crippen molar-refractivity contribution in [1.82, 2.24) is 5.32 Å². The minimum atomic E-state index is 0.160. The van der Waals surface area contributed by atoms with Crippen LogP contribution in [0.2, 0.25) is 0 Å². The van der Waals surface area contributed by atoms with E-state index in [2.05, 4.69) is 67.7 Å². The molecule has 2 aromatic carbocycles. The Morgan fingerprint density at radius 1 is 1.05 bits per heavy atom. The number of ether oxygens (including phenoxy) is 1. The molecular formula is C19H23NO. The number of para-hydroxylation sites is 1. The fraction of sp³-hybridized carbons (Fsp3) is 0.368. The van der Waals surface area contributed by atoms with Gasteiger partial charge in [-0.3, -0.25) is 0 Å². The number of fused-ring (bicyclic) bond motifs is 1. The van der Waals surface area contributed by atoms with Crippen molar-refractivity contribution in [3.63, 3.8) is 0 Å². The number of nitrogens with one attached hydrogen (secondary N) is 1. The summed E-state index contributed by atoms with van der Waals surface area (Å²) < 4.78 is 6.39. The molecule has 0 saturated heterocycles. The van der Waals surface area contributed by atoms with Crippen LogP contribution in [0.15, 0.2) is 48.5 Å². The molecule has 2 unspecified atom stereocenters. The Labute approximate surface area is 127 Å². The van der Waals surface area contributed by atoms with Crippen molar-refractivity contribution in [1.29, 1.82) is 0 Å². The van der Waals surface area contributed by atoms with Crippen molar-refractivity contribution < 1.29 is 4.74 Å². The lowest BCUT2D eigenvalue weighted by atomic mass is 10.0. The second-order valence-electron chi connectivity index (χ2n) is 6.02. The predicted octanol–water partition coefficient (Wildman–Crippen LogP) is 4.07. The number of benzene rings is 2. The Morgan fingerprint density at radius 3 is 2.52 bits per heavy atom. The van der Waals surface area contributed by atoms with E-state index in [-0.39, 0.29) is 12.1 Å². The zero-order valence-corrected chi connectivity index (χ0v) is 13.0. The minimum absolute atomic E-state index is 0.160. The maximum absolute atomic E-state index is 6.39. The summed E-state index contributed by atoms with van der Waals surface area (Å²) in [6.45, 7) is 4.42. The van der Waals surface area contributed by atoms with Gasteiger partial charge in [0.05, 0.1) is 6.04 Å². The van der Waals surface area contributed by atoms with Gasteiger partial charge in [0.2, 0.25) is 0 Å². The Morgan fingerprint density at radius 2 is 1.76 bits per heavy atom. The molecule has 0 fully saturated rings. The lowest BCUT2D eigenvalue weighted by molar-refractivity contribution is 0.169. The Balaban J connectivity index is 1.87. The summed E-state index contributed by atoms with van der Waals surface area (Å²) in [6.07, 6.45) is 1.13. The smallest absolute Gasteiger partial charge is 0.123 e. The number of rotatable bonds is 4. The molecule has 0 saturated carbocycles. The van der Waals surface area contributed by atoms with Crippen molar-refractivity contribution in [2.75, 3.05) is 7.05 Å². The summed E-state index contributed by atoms with van der Waals surface area (Å²) in [7, 11) is 2.01. The zero-order chi connectivity index (χ0) is 14.8. The summed E-state index contributed by atoms with van der Waals surface area (Å²) in [5.41, 5.74) is 4.04. The highest BCUT2D eigenvalue weighted by Crippen LogP contribution is 2.35. The van der Waals surface area contributed by atoms with E-state index in [9.17, 15) is 0 Å². The van der Waals surface area contributed by atoms with Gasteiger partial charge in [0.25, 0.3) is 0 Å². The lowest BCUT2D eigenvalue weighted by Crippen LogP contribution is -2.30. The second kappa shape index (κ2) is 5.90. The van der Waals surface area contributed by atoms with Crippen LogP contribution >= 0.6 is 0 Å². The predicted molar refractivity (Wildman–Crippen MR) is 86.9 cm³/mol. The van der Waals surface area contributed by atoms with Gasteiger partial charge in [-0.05, 0) is 35.7 Å². The minimum Gasteiger partial charge on any atom is -0.488 e. The van der Waals surface area contributed by atoms with Crippen LogP contribution in [0, 0.1) is 0 Å². The normalized spacial score (nSPS) is 20.6. The average Bonchev–Trinajstić information content (AvgIpc) is 2.84. The van der Waals surface area contributed by atoms with E-state index in [1.54, 1.807) is 0 Å². The van der Waals surface area contributed by atoms with Crippen LogP contribution in [0.4, 0.5) is 0 Å². The molecule has 0 bridgehead atoms. The van der Waals surface area contributed by atoms with Gasteiger partial charge in [0, 0.05) is 6.42 Å². The van der Waals surface area contributed by atoms with Crippen LogP contribution in [-0.2, 0) is 6.42 Å². The third-order valence-corrected chi connectivity index (χ3v) is 4.31. The van der Waals surface area contributed by atoms with Crippen LogP contribution in [0.3, 0.4) is 0 Å². The quantitative estimate of drug-likeness (QED) is 0.912. The van der Waals surface area contributed by atoms with Crippen molar-refractivity contribution in [2.45, 2.75) is 38.3 Å². The Bertz CT molecular complexity index is 620.